The second-order valence-corrected chi connectivity index (χ2v) is 22.3. The molecule has 0 aliphatic rings. The van der Waals surface area contributed by atoms with Gasteiger partial charge in [-0.05, 0) is 109 Å². The Morgan fingerprint density at radius 1 is 0.259 bits per heavy atom. The lowest BCUT2D eigenvalue weighted by Gasteiger charge is -2.18. The summed E-state index contributed by atoms with van der Waals surface area (Å²) in [6.07, 6.45) is 95.2. The molecule has 6 nitrogen and oxygen atoms in total. The maximum absolute atomic E-state index is 12.9. The Morgan fingerprint density at radius 2 is 0.481 bits per heavy atom. The van der Waals surface area contributed by atoms with E-state index in [1.54, 1.807) is 0 Å². The Kier molecular flexibility index (Phi) is 64.8. The number of rotatable bonds is 61. The van der Waals surface area contributed by atoms with Crippen molar-refractivity contribution in [2.75, 3.05) is 13.2 Å². The summed E-state index contributed by atoms with van der Waals surface area (Å²) in [6, 6.07) is 0. The van der Waals surface area contributed by atoms with Crippen molar-refractivity contribution in [1.29, 1.82) is 0 Å². The second kappa shape index (κ2) is 68.3. The number of ether oxygens (including phenoxy) is 3. The van der Waals surface area contributed by atoms with Gasteiger partial charge in [0.1, 0.15) is 13.2 Å². The first-order valence-electron chi connectivity index (χ1n) is 34.0. The zero-order valence-corrected chi connectivity index (χ0v) is 53.0. The zero-order chi connectivity index (χ0) is 58.5. The average Bonchev–Trinajstić information content (AvgIpc) is 3.47. The summed E-state index contributed by atoms with van der Waals surface area (Å²) in [4.78, 5) is 38.3. The molecule has 0 rings (SSSR count). The topological polar surface area (TPSA) is 78.9 Å². The van der Waals surface area contributed by atoms with Gasteiger partial charge in [-0.15, -0.1) is 0 Å². The van der Waals surface area contributed by atoms with Crippen LogP contribution >= 0.6 is 0 Å². The number of carbonyl (C=O) groups excluding carboxylic acids is 3. The van der Waals surface area contributed by atoms with Gasteiger partial charge in [-0.25, -0.2) is 0 Å². The van der Waals surface area contributed by atoms with Crippen LogP contribution in [0.5, 0.6) is 0 Å². The maximum Gasteiger partial charge on any atom is 0.306 e. The Morgan fingerprint density at radius 3 is 0.778 bits per heavy atom. The number of unbranched alkanes of at least 4 members (excludes halogenated alkanes) is 30. The molecular weight excluding hydrogens is 997 g/mol. The van der Waals surface area contributed by atoms with Crippen LogP contribution in [0.2, 0.25) is 0 Å². The average molecular weight is 1120 g/mol. The SMILES string of the molecule is CC/C=C\C/C=C\C/C=C\C/C=C\C/C=C\C/C=C\CCCCC(=O)OC(COC(=O)CCCCCCCCCCCCC)COC(=O)CCCCCCCCCCCCCCCCCCCC/C=C\C/C=C\C/C=C\C/C=C\CC. The molecule has 0 bridgehead atoms. The minimum atomic E-state index is -0.801. The molecule has 0 saturated carbocycles. The van der Waals surface area contributed by atoms with E-state index in [9.17, 15) is 14.4 Å². The van der Waals surface area contributed by atoms with Gasteiger partial charge in [0.25, 0.3) is 0 Å². The van der Waals surface area contributed by atoms with Crippen molar-refractivity contribution >= 4 is 17.9 Å². The smallest absolute Gasteiger partial charge is 0.306 e. The number of hydrogen-bond acceptors (Lipinski definition) is 6. The second-order valence-electron chi connectivity index (χ2n) is 22.3. The quantitative estimate of drug-likeness (QED) is 0.0261. The van der Waals surface area contributed by atoms with Crippen LogP contribution in [-0.2, 0) is 28.6 Å². The van der Waals surface area contributed by atoms with Crippen molar-refractivity contribution in [3.63, 3.8) is 0 Å². The van der Waals surface area contributed by atoms with E-state index in [1.165, 1.54) is 154 Å². The number of carbonyl (C=O) groups is 3. The fraction of sp³-hybridized carbons (Fsp3) is 0.693. The molecule has 0 saturated heterocycles. The van der Waals surface area contributed by atoms with E-state index in [4.69, 9.17) is 14.2 Å². The lowest BCUT2D eigenvalue weighted by Crippen LogP contribution is -2.30. The summed E-state index contributed by atoms with van der Waals surface area (Å²) < 4.78 is 16.9. The molecule has 0 aliphatic heterocycles. The van der Waals surface area contributed by atoms with Crippen LogP contribution in [0.25, 0.3) is 0 Å². The molecule has 462 valence electrons. The minimum absolute atomic E-state index is 0.0935. The van der Waals surface area contributed by atoms with Crippen LogP contribution < -0.4 is 0 Å². The summed E-state index contributed by atoms with van der Waals surface area (Å²) in [6.45, 7) is 6.40. The van der Waals surface area contributed by atoms with E-state index < -0.39 is 6.10 Å². The molecule has 81 heavy (non-hydrogen) atoms. The molecule has 0 amide bonds. The van der Waals surface area contributed by atoms with Gasteiger partial charge in [0.2, 0.25) is 0 Å². The number of allylic oxidation sites excluding steroid dienone is 20. The van der Waals surface area contributed by atoms with Gasteiger partial charge in [-0.3, -0.25) is 14.4 Å². The van der Waals surface area contributed by atoms with Crippen molar-refractivity contribution in [2.45, 2.75) is 322 Å². The van der Waals surface area contributed by atoms with Crippen LogP contribution in [0.15, 0.2) is 122 Å². The molecule has 0 aromatic heterocycles. The first-order valence-corrected chi connectivity index (χ1v) is 34.0. The van der Waals surface area contributed by atoms with Crippen molar-refractivity contribution in [2.24, 2.45) is 0 Å². The summed E-state index contributed by atoms with van der Waals surface area (Å²) in [5.41, 5.74) is 0. The lowest BCUT2D eigenvalue weighted by atomic mass is 10.0. The van der Waals surface area contributed by atoms with E-state index in [2.05, 4.69) is 142 Å². The molecule has 0 aromatic rings. The Hall–Kier alpha value is -4.19. The highest BCUT2D eigenvalue weighted by Gasteiger charge is 2.19. The van der Waals surface area contributed by atoms with Crippen molar-refractivity contribution in [3.8, 4) is 0 Å². The molecule has 1 atom stereocenters. The number of esters is 3. The molecular formula is C75H126O6. The maximum atomic E-state index is 12.9. The Balaban J connectivity index is 4.24. The molecule has 0 heterocycles. The van der Waals surface area contributed by atoms with Crippen LogP contribution in [0.4, 0.5) is 0 Å². The third-order valence-corrected chi connectivity index (χ3v) is 14.5. The van der Waals surface area contributed by atoms with Gasteiger partial charge in [0.05, 0.1) is 0 Å². The number of hydrogen-bond donors (Lipinski definition) is 0. The fourth-order valence-electron chi connectivity index (χ4n) is 9.44. The van der Waals surface area contributed by atoms with Gasteiger partial charge < -0.3 is 14.2 Å². The van der Waals surface area contributed by atoms with E-state index in [1.807, 2.05) is 0 Å². The van der Waals surface area contributed by atoms with Crippen LogP contribution in [-0.4, -0.2) is 37.2 Å². The molecule has 0 aliphatic carbocycles. The highest BCUT2D eigenvalue weighted by Crippen LogP contribution is 2.17. The normalized spacial score (nSPS) is 12.9. The third kappa shape index (κ3) is 66.5. The standard InChI is InChI=1S/C75H126O6/c1-4-7-10-13-16-19-22-24-26-28-30-32-33-34-35-36-37-38-39-40-41-43-44-46-48-50-53-56-59-62-65-68-74(77)80-71-72(70-79-73(76)67-64-61-58-55-52-21-18-15-12-9-6-3)81-75(78)69-66-63-60-57-54-51-49-47-45-42-31-29-27-25-23-20-17-14-11-8-5-2/h7-8,10-11,16-17,19-20,24-27,30-32,42,47,49,54,57,72H,4-6,9,12-15,18,21-23,28-29,33-41,43-46,48,50-53,55-56,58-71H2,1-3H3/b10-7-,11-8-,19-16-,20-17-,26-24-,27-25-,32-30-,42-31-,49-47-,57-54-. The third-order valence-electron chi connectivity index (χ3n) is 14.5. The fourth-order valence-corrected chi connectivity index (χ4v) is 9.44. The monoisotopic (exact) mass is 1120 g/mol. The van der Waals surface area contributed by atoms with Crippen LogP contribution in [0.1, 0.15) is 316 Å². The van der Waals surface area contributed by atoms with Gasteiger partial charge in [0.15, 0.2) is 6.10 Å². The lowest BCUT2D eigenvalue weighted by molar-refractivity contribution is -0.167. The molecule has 0 spiro atoms. The highest BCUT2D eigenvalue weighted by molar-refractivity contribution is 5.71. The van der Waals surface area contributed by atoms with Crippen LogP contribution in [0, 0.1) is 0 Å². The molecule has 0 fully saturated rings. The largest absolute Gasteiger partial charge is 0.462 e. The van der Waals surface area contributed by atoms with Crippen LogP contribution in [0.3, 0.4) is 0 Å². The summed E-state index contributed by atoms with van der Waals surface area (Å²) >= 11 is 0. The summed E-state index contributed by atoms with van der Waals surface area (Å²) in [7, 11) is 0. The Labute approximate surface area is 501 Å². The van der Waals surface area contributed by atoms with Crippen molar-refractivity contribution < 1.29 is 28.6 Å². The predicted octanol–water partition coefficient (Wildman–Crippen LogP) is 23.6. The van der Waals surface area contributed by atoms with E-state index >= 15 is 0 Å². The molecule has 6 heteroatoms. The van der Waals surface area contributed by atoms with Gasteiger partial charge in [0, 0.05) is 19.3 Å². The van der Waals surface area contributed by atoms with Gasteiger partial charge >= 0.3 is 17.9 Å². The molecule has 0 aromatic carbocycles. The Bertz CT molecular complexity index is 1670. The van der Waals surface area contributed by atoms with Gasteiger partial charge in [-0.1, -0.05) is 309 Å². The first-order chi connectivity index (χ1) is 40.0. The molecule has 0 N–H and O–H groups in total. The van der Waals surface area contributed by atoms with Crippen molar-refractivity contribution in [1.82, 2.24) is 0 Å². The predicted molar refractivity (Wildman–Crippen MR) is 353 cm³/mol. The van der Waals surface area contributed by atoms with E-state index in [0.717, 1.165) is 116 Å². The van der Waals surface area contributed by atoms with E-state index in [-0.39, 0.29) is 37.5 Å². The first kappa shape index (κ1) is 76.8. The zero-order valence-electron chi connectivity index (χ0n) is 53.0. The highest BCUT2D eigenvalue weighted by atomic mass is 16.6. The molecule has 0 radical (unpaired) electrons. The minimum Gasteiger partial charge on any atom is -0.462 e. The van der Waals surface area contributed by atoms with Gasteiger partial charge in [-0.2, -0.15) is 0 Å². The summed E-state index contributed by atoms with van der Waals surface area (Å²) in [5, 5.41) is 0. The van der Waals surface area contributed by atoms with Crippen molar-refractivity contribution in [3.05, 3.63) is 122 Å². The van der Waals surface area contributed by atoms with E-state index in [0.29, 0.717) is 19.3 Å². The summed E-state index contributed by atoms with van der Waals surface area (Å²) in [5.74, 6) is -0.928. The molecule has 1 unspecified atom stereocenters.